The lowest BCUT2D eigenvalue weighted by Crippen LogP contribution is -2.31. The van der Waals surface area contributed by atoms with Gasteiger partial charge in [-0.3, -0.25) is 24.3 Å². The van der Waals surface area contributed by atoms with Crippen LogP contribution in [0, 0.1) is 21.7 Å². The van der Waals surface area contributed by atoms with Crippen LogP contribution in [0.5, 0.6) is 0 Å². The monoisotopic (exact) mass is 927 g/mol. The highest BCUT2D eigenvalue weighted by molar-refractivity contribution is 6.13. The molecule has 0 fully saturated rings. The Morgan fingerprint density at radius 2 is 0.606 bits per heavy atom. The SMILES string of the molecule is CCCCC(OOC(=O)c1ccc(C(=O)c2ccc(C(=O)OOC(CCCC)C(C)(C)C)c(C(=O)OOC(CCCC)C(C)(C)C)c2)cc1C(=O)OOC(CCCC)C(C)(C)C)C(C)(C)C. The summed E-state index contributed by atoms with van der Waals surface area (Å²) in [4.78, 5) is 114. The third kappa shape index (κ3) is 18.5. The maximum absolute atomic E-state index is 14.4. The molecule has 0 amide bonds. The molecule has 2 rings (SSSR count). The second-order valence-electron chi connectivity index (χ2n) is 21.7. The Morgan fingerprint density at radius 1 is 0.379 bits per heavy atom. The fourth-order valence-electron chi connectivity index (χ4n) is 6.88. The number of rotatable bonds is 26. The van der Waals surface area contributed by atoms with E-state index in [-0.39, 0.29) is 44.2 Å². The number of ketones is 1. The van der Waals surface area contributed by atoms with Gasteiger partial charge in [-0.05, 0) is 71.6 Å². The van der Waals surface area contributed by atoms with Crippen molar-refractivity contribution in [1.29, 1.82) is 0 Å². The Morgan fingerprint density at radius 3 is 0.818 bits per heavy atom. The first-order chi connectivity index (χ1) is 30.7. The van der Waals surface area contributed by atoms with Crippen LogP contribution in [0.25, 0.3) is 0 Å². The van der Waals surface area contributed by atoms with E-state index in [4.69, 9.17) is 39.1 Å². The molecule has 0 radical (unpaired) electrons. The van der Waals surface area contributed by atoms with Crippen molar-refractivity contribution in [2.45, 2.75) is 212 Å². The van der Waals surface area contributed by atoms with Gasteiger partial charge in [0.15, 0.2) is 5.78 Å². The predicted octanol–water partition coefficient (Wildman–Crippen LogP) is 13.7. The minimum atomic E-state index is -1.04. The lowest BCUT2D eigenvalue weighted by molar-refractivity contribution is -0.297. The van der Waals surface area contributed by atoms with Crippen LogP contribution in [0.3, 0.4) is 0 Å². The summed E-state index contributed by atoms with van der Waals surface area (Å²) in [5, 5.41) is 0. The van der Waals surface area contributed by atoms with E-state index in [1.165, 1.54) is 36.4 Å². The Bertz CT molecular complexity index is 1740. The van der Waals surface area contributed by atoms with Crippen molar-refractivity contribution in [2.75, 3.05) is 0 Å². The molecule has 0 aliphatic heterocycles. The minimum Gasteiger partial charge on any atom is -0.292 e. The second kappa shape index (κ2) is 26.4. The van der Waals surface area contributed by atoms with Crippen molar-refractivity contribution in [2.24, 2.45) is 21.7 Å². The molecular formula is C53H82O13. The molecule has 13 nitrogen and oxygen atoms in total. The summed E-state index contributed by atoms with van der Waals surface area (Å²) in [6, 6.07) is 7.62. The Labute approximate surface area is 395 Å². The van der Waals surface area contributed by atoms with E-state index in [0.29, 0.717) is 25.7 Å². The molecule has 0 aliphatic rings. The third-order valence-corrected chi connectivity index (χ3v) is 11.5. The molecule has 0 saturated carbocycles. The second-order valence-corrected chi connectivity index (χ2v) is 21.7. The van der Waals surface area contributed by atoms with Gasteiger partial charge in [-0.25, -0.2) is 19.2 Å². The quantitative estimate of drug-likeness (QED) is 0.0499. The van der Waals surface area contributed by atoms with Crippen molar-refractivity contribution in [1.82, 2.24) is 0 Å². The van der Waals surface area contributed by atoms with E-state index < -0.39 is 64.9 Å². The van der Waals surface area contributed by atoms with Gasteiger partial charge in [-0.2, -0.15) is 19.6 Å². The molecule has 0 saturated heterocycles. The first-order valence-electron chi connectivity index (χ1n) is 24.0. The van der Waals surface area contributed by atoms with Crippen LogP contribution in [-0.4, -0.2) is 54.1 Å². The van der Waals surface area contributed by atoms with Gasteiger partial charge in [-0.1, -0.05) is 174 Å². The van der Waals surface area contributed by atoms with Crippen LogP contribution < -0.4 is 0 Å². The molecule has 0 aliphatic carbocycles. The largest absolute Gasteiger partial charge is 0.373 e. The van der Waals surface area contributed by atoms with E-state index in [9.17, 15) is 24.0 Å². The predicted molar refractivity (Wildman–Crippen MR) is 253 cm³/mol. The van der Waals surface area contributed by atoms with Gasteiger partial charge in [0.25, 0.3) is 0 Å². The van der Waals surface area contributed by atoms with Gasteiger partial charge in [0.05, 0.1) is 22.3 Å². The fraction of sp³-hybridized carbons (Fsp3) is 0.679. The molecule has 0 spiro atoms. The molecule has 0 N–H and O–H groups in total. The molecule has 4 unspecified atom stereocenters. The van der Waals surface area contributed by atoms with Crippen LogP contribution in [-0.2, 0) is 39.1 Å². The number of hydrogen-bond donors (Lipinski definition) is 0. The molecule has 372 valence electrons. The van der Waals surface area contributed by atoms with Gasteiger partial charge in [0, 0.05) is 11.1 Å². The number of benzene rings is 2. The van der Waals surface area contributed by atoms with Crippen LogP contribution in [0.15, 0.2) is 36.4 Å². The van der Waals surface area contributed by atoms with Crippen molar-refractivity contribution >= 4 is 29.7 Å². The summed E-state index contributed by atoms with van der Waals surface area (Å²) >= 11 is 0. The number of unbranched alkanes of at least 4 members (excludes halogenated alkanes) is 4. The van der Waals surface area contributed by atoms with Crippen LogP contribution in [0.4, 0.5) is 0 Å². The van der Waals surface area contributed by atoms with Gasteiger partial charge < -0.3 is 0 Å². The van der Waals surface area contributed by atoms with Crippen molar-refractivity contribution < 1.29 is 63.1 Å². The van der Waals surface area contributed by atoms with Gasteiger partial charge >= 0.3 is 23.9 Å². The van der Waals surface area contributed by atoms with E-state index >= 15 is 0 Å². The first kappa shape index (κ1) is 58.0. The summed E-state index contributed by atoms with van der Waals surface area (Å²) in [6.45, 7) is 31.8. The normalized spacial score (nSPS) is 14.2. The zero-order chi connectivity index (χ0) is 50.0. The highest BCUT2D eigenvalue weighted by Gasteiger charge is 2.34. The maximum atomic E-state index is 14.4. The number of hydrogen-bond acceptors (Lipinski definition) is 13. The number of carbonyl (C=O) groups is 5. The molecule has 2 aromatic carbocycles. The van der Waals surface area contributed by atoms with E-state index in [1.54, 1.807) is 0 Å². The van der Waals surface area contributed by atoms with Crippen molar-refractivity contribution in [3.63, 3.8) is 0 Å². The van der Waals surface area contributed by atoms with E-state index in [0.717, 1.165) is 51.4 Å². The topological polar surface area (TPSA) is 159 Å². The fourth-order valence-corrected chi connectivity index (χ4v) is 6.88. The molecular weight excluding hydrogens is 845 g/mol. The highest BCUT2D eigenvalue weighted by atomic mass is 17.2. The highest BCUT2D eigenvalue weighted by Crippen LogP contribution is 2.32. The molecule has 13 heteroatoms. The summed E-state index contributed by atoms with van der Waals surface area (Å²) in [5.74, 6) is -4.70. The van der Waals surface area contributed by atoms with Gasteiger partial charge in [0.1, 0.15) is 24.4 Å². The van der Waals surface area contributed by atoms with Crippen molar-refractivity contribution in [3.05, 3.63) is 69.8 Å². The Kier molecular flexibility index (Phi) is 23.2. The first-order valence-corrected chi connectivity index (χ1v) is 24.0. The molecule has 2 aromatic rings. The zero-order valence-corrected chi connectivity index (χ0v) is 43.1. The zero-order valence-electron chi connectivity index (χ0n) is 43.1. The van der Waals surface area contributed by atoms with Gasteiger partial charge in [0.2, 0.25) is 0 Å². The lowest BCUT2D eigenvalue weighted by atomic mass is 9.86. The van der Waals surface area contributed by atoms with Crippen LogP contribution >= 0.6 is 0 Å². The summed E-state index contributed by atoms with van der Waals surface area (Å²) in [7, 11) is 0. The Balaban J connectivity index is 2.70. The van der Waals surface area contributed by atoms with Crippen molar-refractivity contribution in [3.8, 4) is 0 Å². The average Bonchev–Trinajstić information content (AvgIpc) is 3.23. The molecule has 4 atom stereocenters. The smallest absolute Gasteiger partial charge is 0.292 e. The molecule has 0 aromatic heterocycles. The average molecular weight is 927 g/mol. The lowest BCUT2D eigenvalue weighted by Gasteiger charge is -2.29. The number of carbonyl (C=O) groups excluding carboxylic acids is 5. The minimum absolute atomic E-state index is 0.0566. The maximum Gasteiger partial charge on any atom is 0.373 e. The summed E-state index contributed by atoms with van der Waals surface area (Å²) in [6.07, 6.45) is 7.58. The summed E-state index contributed by atoms with van der Waals surface area (Å²) in [5.41, 5.74) is -2.75. The van der Waals surface area contributed by atoms with Crippen LogP contribution in [0.1, 0.15) is 245 Å². The third-order valence-electron chi connectivity index (χ3n) is 11.5. The van der Waals surface area contributed by atoms with Gasteiger partial charge in [-0.15, -0.1) is 0 Å². The van der Waals surface area contributed by atoms with Crippen LogP contribution in [0.2, 0.25) is 0 Å². The molecule has 0 heterocycles. The Hall–Kier alpha value is -4.17. The molecule has 66 heavy (non-hydrogen) atoms. The van der Waals surface area contributed by atoms with E-state index in [1.807, 2.05) is 96.9 Å². The standard InChI is InChI=1S/C53H82O13/c1-17-21-25-41(50(5,6)7)59-63-46(55)37-31-29-35(33-39(37)48(57)65-61-43(27-23-19-3)52(11,12)13)45(54)36-30-32-38(47(56)64-60-42(26-22-18-2)51(8,9)10)40(34-36)49(58)66-62-44(28-24-20-4)53(14,15)16/h29-34,41-44H,17-28H2,1-16H3. The van der Waals surface area contributed by atoms with E-state index in [2.05, 4.69) is 13.8 Å². The molecule has 0 bridgehead atoms. The summed E-state index contributed by atoms with van der Waals surface area (Å²) < 4.78 is 0.